The Morgan fingerprint density at radius 3 is 1.00 bits per heavy atom. The molecule has 2 saturated carbocycles. The molecule has 0 heterocycles. The first-order valence-electron chi connectivity index (χ1n) is 9.16. The van der Waals surface area contributed by atoms with E-state index in [-0.39, 0.29) is 21.7 Å². The van der Waals surface area contributed by atoms with Crippen molar-refractivity contribution in [3.63, 3.8) is 0 Å². The molecule has 0 saturated heterocycles. The molecule has 0 aromatic carbocycles. The summed E-state index contributed by atoms with van der Waals surface area (Å²) in [5.41, 5.74) is 3.85. The number of hydrogen-bond acceptors (Lipinski definition) is 0. The maximum atomic E-state index is 3.85. The van der Waals surface area contributed by atoms with Crippen molar-refractivity contribution in [2.45, 2.75) is 58.9 Å². The van der Waals surface area contributed by atoms with Crippen LogP contribution >= 0.6 is 0 Å². The molecule has 2 rings (SSSR count). The van der Waals surface area contributed by atoms with Crippen molar-refractivity contribution in [3.8, 4) is 0 Å². The van der Waals surface area contributed by atoms with Crippen molar-refractivity contribution in [1.29, 1.82) is 0 Å². The third-order valence-electron chi connectivity index (χ3n) is 3.01. The average Bonchev–Trinajstić information content (AvgIpc) is 3.13. The molecule has 10 radical (unpaired) electrons. The van der Waals surface area contributed by atoms with E-state index in [1.807, 2.05) is 64.2 Å². The van der Waals surface area contributed by atoms with Gasteiger partial charge >= 0.3 is 21.7 Å². The van der Waals surface area contributed by atoms with E-state index in [1.165, 1.54) is 0 Å². The Kier molecular flexibility index (Phi) is 15.8. The van der Waals surface area contributed by atoms with Crippen LogP contribution in [0, 0.1) is 76.0 Å². The standard InChI is InChI=1S/C12H28Si3.2C5H5.Ti/c1-13(2,3)10-12(15(7,8)9)11-14(4,5)6;2*1-2-4-5-3-1;/h10H,1-9H3;2*1-5H;/q-2;;;+2. The van der Waals surface area contributed by atoms with Crippen LogP contribution in [0.3, 0.4) is 0 Å². The maximum Gasteiger partial charge on any atom is 2.00 e. The fourth-order valence-electron chi connectivity index (χ4n) is 1.92. The Balaban J connectivity index is 0. The van der Waals surface area contributed by atoms with Crippen LogP contribution in [0.25, 0.3) is 0 Å². The van der Waals surface area contributed by atoms with Crippen LogP contribution in [0.4, 0.5) is 0 Å². The van der Waals surface area contributed by atoms with Gasteiger partial charge in [0.2, 0.25) is 0 Å². The fraction of sp³-hybridized carbons (Fsp3) is 0.409. The van der Waals surface area contributed by atoms with Crippen molar-refractivity contribution in [1.82, 2.24) is 0 Å². The third kappa shape index (κ3) is 19.7. The molecule has 2 aliphatic carbocycles. The molecule has 0 aromatic heterocycles. The van der Waals surface area contributed by atoms with Crippen molar-refractivity contribution in [2.75, 3.05) is 0 Å². The van der Waals surface area contributed by atoms with Gasteiger partial charge < -0.3 is 16.9 Å². The van der Waals surface area contributed by atoms with Gasteiger partial charge in [-0.25, -0.2) is 0 Å². The molecule has 0 amide bonds. The van der Waals surface area contributed by atoms with Crippen molar-refractivity contribution < 1.29 is 21.7 Å². The maximum absolute atomic E-state index is 3.85. The summed E-state index contributed by atoms with van der Waals surface area (Å²) in [7, 11) is -3.48. The van der Waals surface area contributed by atoms with Gasteiger partial charge in [0, 0.05) is 8.07 Å². The minimum Gasteiger partial charge on any atom is -0.533 e. The molecular weight excluding hydrogens is 396 g/mol. The molecule has 0 N–H and O–H groups in total. The van der Waals surface area contributed by atoms with E-state index in [9.17, 15) is 0 Å². The summed E-state index contributed by atoms with van der Waals surface area (Å²) in [4.78, 5) is 0. The zero-order valence-electron chi connectivity index (χ0n) is 18.4. The first kappa shape index (κ1) is 29.2. The smallest absolute Gasteiger partial charge is 0.533 e. The Hall–Kier alpha value is 0.975. The second kappa shape index (κ2) is 14.0. The van der Waals surface area contributed by atoms with Gasteiger partial charge in [0.25, 0.3) is 0 Å². The predicted molar refractivity (Wildman–Crippen MR) is 124 cm³/mol. The van der Waals surface area contributed by atoms with Crippen LogP contribution in [0.2, 0.25) is 58.9 Å². The molecule has 0 unspecified atom stereocenters. The first-order chi connectivity index (χ1) is 11.3. The van der Waals surface area contributed by atoms with Crippen LogP contribution in [0.1, 0.15) is 0 Å². The van der Waals surface area contributed by atoms with Crippen LogP contribution in [-0.4, -0.2) is 24.2 Å². The zero-order chi connectivity index (χ0) is 19.6. The van der Waals surface area contributed by atoms with Gasteiger partial charge in [-0.15, -0.1) is 8.07 Å². The van der Waals surface area contributed by atoms with Crippen molar-refractivity contribution in [3.05, 3.63) is 81.1 Å². The van der Waals surface area contributed by atoms with Crippen LogP contribution in [-0.2, 0) is 21.7 Å². The molecular formula is C22H38Si3Ti. The molecule has 0 spiro atoms. The number of allylic oxidation sites excluding steroid dienone is 1. The topological polar surface area (TPSA) is 0 Å². The molecule has 0 nitrogen and oxygen atoms in total. The van der Waals surface area contributed by atoms with Crippen molar-refractivity contribution >= 4 is 24.2 Å². The van der Waals surface area contributed by atoms with Crippen LogP contribution < -0.4 is 0 Å². The van der Waals surface area contributed by atoms with E-state index in [4.69, 9.17) is 0 Å². The first-order valence-corrected chi connectivity index (χ1v) is 19.7. The molecule has 2 aliphatic rings. The second-order valence-electron chi connectivity index (χ2n) is 9.47. The number of hydrogen-bond donors (Lipinski definition) is 0. The van der Waals surface area contributed by atoms with Gasteiger partial charge in [-0.1, -0.05) is 67.0 Å². The minimum atomic E-state index is -1.19. The summed E-state index contributed by atoms with van der Waals surface area (Å²) >= 11 is 0. The van der Waals surface area contributed by atoms with Crippen LogP contribution in [0.5, 0.6) is 0 Å². The van der Waals surface area contributed by atoms with Gasteiger partial charge in [-0.2, -0.15) is 0 Å². The average molecular weight is 435 g/mol. The van der Waals surface area contributed by atoms with Gasteiger partial charge in [0.15, 0.2) is 0 Å². The van der Waals surface area contributed by atoms with Crippen LogP contribution in [0.15, 0.2) is 5.20 Å². The monoisotopic (exact) mass is 434 g/mol. The summed E-state index contributed by atoms with van der Waals surface area (Å²) in [6.45, 7) is 21.7. The largest absolute Gasteiger partial charge is 2.00 e. The van der Waals surface area contributed by atoms with E-state index < -0.39 is 24.2 Å². The number of rotatable bonds is 4. The van der Waals surface area contributed by atoms with E-state index >= 15 is 0 Å². The molecule has 0 atom stereocenters. The Bertz CT molecular complexity index is 337. The quantitative estimate of drug-likeness (QED) is 0.346. The molecule has 4 heteroatoms. The fourth-order valence-corrected chi connectivity index (χ4v) is 9.54. The summed E-state index contributed by atoms with van der Waals surface area (Å²) < 4.78 is 0. The summed E-state index contributed by atoms with van der Waals surface area (Å²) in [6.07, 6.45) is 20.0. The summed E-state index contributed by atoms with van der Waals surface area (Å²) in [5.74, 6) is 0. The van der Waals surface area contributed by atoms with Gasteiger partial charge in [0.1, 0.15) is 0 Å². The van der Waals surface area contributed by atoms with E-state index in [0.717, 1.165) is 0 Å². The second-order valence-corrected chi connectivity index (χ2v) is 24.3. The van der Waals surface area contributed by atoms with E-state index in [1.54, 1.807) is 5.20 Å². The Morgan fingerprint density at radius 2 is 0.846 bits per heavy atom. The zero-order valence-corrected chi connectivity index (χ0v) is 22.9. The normalized spacial score (nSPS) is 18.1. The van der Waals surface area contributed by atoms with Gasteiger partial charge in [0.05, 0.1) is 0 Å². The molecule has 0 aliphatic heterocycles. The van der Waals surface area contributed by atoms with E-state index in [0.29, 0.717) is 0 Å². The van der Waals surface area contributed by atoms with Gasteiger partial charge in [-0.05, 0) is 64.2 Å². The van der Waals surface area contributed by atoms with E-state index in [2.05, 4.69) is 70.7 Å². The summed E-state index contributed by atoms with van der Waals surface area (Å²) in [5, 5.41) is 1.60. The Morgan fingerprint density at radius 1 is 0.577 bits per heavy atom. The SMILES string of the molecule is C[Si](C)(C)[C-]=C([CH-][Si](C)(C)C)[Si](C)(C)C.[CH]1[CH][CH][CH][CH]1.[CH]1[CH][CH][CH][CH]1.[Ti+2]. The van der Waals surface area contributed by atoms with Crippen molar-refractivity contribution in [2.24, 2.45) is 0 Å². The minimum absolute atomic E-state index is 0. The third-order valence-corrected chi connectivity index (χ3v) is 7.60. The molecule has 0 bridgehead atoms. The molecule has 0 aromatic rings. The molecule has 26 heavy (non-hydrogen) atoms. The predicted octanol–water partition coefficient (Wildman–Crippen LogP) is 6.59. The van der Waals surface area contributed by atoms with Gasteiger partial charge in [-0.3, -0.25) is 0 Å². The Labute approximate surface area is 185 Å². The summed E-state index contributed by atoms with van der Waals surface area (Å²) in [6, 6.07) is 2.58. The molecule has 2 fully saturated rings. The molecule has 142 valence electrons.